The van der Waals surface area contributed by atoms with Crippen LogP contribution in [0.2, 0.25) is 5.02 Å². The van der Waals surface area contributed by atoms with Gasteiger partial charge in [0.15, 0.2) is 5.58 Å². The Morgan fingerprint density at radius 2 is 1.76 bits per heavy atom. The number of fused-ring (bicyclic) bond motifs is 1. The minimum absolute atomic E-state index is 0.0588. The molecule has 0 saturated carbocycles. The number of oxazole rings is 1. The maximum Gasteiger partial charge on any atom is 0.434 e. The molecule has 0 aliphatic carbocycles. The van der Waals surface area contributed by atoms with Crippen LogP contribution in [0.25, 0.3) is 11.1 Å². The number of hydrogen-bond donors (Lipinski definition) is 1. The van der Waals surface area contributed by atoms with Gasteiger partial charge in [0.05, 0.1) is 4.90 Å². The Balaban J connectivity index is 2.31. The molecule has 1 heterocycles. The fourth-order valence-corrected chi connectivity index (χ4v) is 3.44. The van der Waals surface area contributed by atoms with Gasteiger partial charge in [0.2, 0.25) is 0 Å². The molecule has 21 heavy (non-hydrogen) atoms. The van der Waals surface area contributed by atoms with Crippen LogP contribution in [-0.2, 0) is 10.0 Å². The van der Waals surface area contributed by atoms with Crippen molar-refractivity contribution in [1.29, 1.82) is 0 Å². The lowest BCUT2D eigenvalue weighted by atomic mass is 10.3. The van der Waals surface area contributed by atoms with Crippen LogP contribution < -0.4 is 11.5 Å². The van der Waals surface area contributed by atoms with Gasteiger partial charge in [-0.2, -0.15) is 3.97 Å². The van der Waals surface area contributed by atoms with Gasteiger partial charge >= 0.3 is 5.76 Å². The average molecular weight is 325 g/mol. The molecule has 0 saturated heterocycles. The molecule has 0 fully saturated rings. The zero-order chi connectivity index (χ0) is 15.2. The molecule has 0 radical (unpaired) electrons. The standard InChI is InChI=1S/C13H9ClN2O4S/c14-8-1-6-11-12(7-8)20-13(17)16(11)21(18,19)10-4-2-9(15)3-5-10/h1-7H,15H2. The van der Waals surface area contributed by atoms with Crippen LogP contribution in [0.5, 0.6) is 0 Å². The number of hydrogen-bond acceptors (Lipinski definition) is 5. The first-order valence-corrected chi connectivity index (χ1v) is 7.63. The molecule has 2 aromatic carbocycles. The maximum atomic E-state index is 12.6. The molecule has 3 aromatic rings. The van der Waals surface area contributed by atoms with Crippen LogP contribution in [0.3, 0.4) is 0 Å². The van der Waals surface area contributed by atoms with E-state index in [2.05, 4.69) is 0 Å². The average Bonchev–Trinajstić information content (AvgIpc) is 2.74. The van der Waals surface area contributed by atoms with Crippen molar-refractivity contribution >= 4 is 38.4 Å². The van der Waals surface area contributed by atoms with E-state index in [0.717, 1.165) is 0 Å². The molecule has 6 nitrogen and oxygen atoms in total. The number of anilines is 1. The molecule has 2 N–H and O–H groups in total. The van der Waals surface area contributed by atoms with E-state index in [4.69, 9.17) is 21.8 Å². The van der Waals surface area contributed by atoms with Crippen LogP contribution in [0.15, 0.2) is 56.6 Å². The second kappa shape index (κ2) is 4.64. The van der Waals surface area contributed by atoms with Crippen LogP contribution in [0, 0.1) is 0 Å². The summed E-state index contributed by atoms with van der Waals surface area (Å²) in [6, 6.07) is 9.81. The third kappa shape index (κ3) is 2.20. The molecule has 8 heteroatoms. The summed E-state index contributed by atoms with van der Waals surface area (Å²) in [6.45, 7) is 0. The highest BCUT2D eigenvalue weighted by Crippen LogP contribution is 2.22. The van der Waals surface area contributed by atoms with Crippen molar-refractivity contribution in [2.45, 2.75) is 4.90 Å². The highest BCUT2D eigenvalue weighted by Gasteiger charge is 2.24. The van der Waals surface area contributed by atoms with Gasteiger partial charge in [0.1, 0.15) is 5.52 Å². The van der Waals surface area contributed by atoms with E-state index in [1.807, 2.05) is 0 Å². The SMILES string of the molecule is Nc1ccc(S(=O)(=O)n2c(=O)oc3cc(Cl)ccc32)cc1. The summed E-state index contributed by atoms with van der Waals surface area (Å²) in [5.74, 6) is -0.996. The van der Waals surface area contributed by atoms with E-state index in [1.165, 1.54) is 42.5 Å². The van der Waals surface area contributed by atoms with E-state index in [0.29, 0.717) is 14.7 Å². The Morgan fingerprint density at radius 3 is 2.43 bits per heavy atom. The summed E-state index contributed by atoms with van der Waals surface area (Å²) in [4.78, 5) is 11.8. The van der Waals surface area contributed by atoms with Crippen molar-refractivity contribution < 1.29 is 12.8 Å². The maximum absolute atomic E-state index is 12.6. The predicted molar refractivity (Wildman–Crippen MR) is 78.9 cm³/mol. The number of halogens is 1. The number of nitrogen functional groups attached to an aromatic ring is 1. The highest BCUT2D eigenvalue weighted by atomic mass is 35.5. The molecule has 3 rings (SSSR count). The Labute approximate surface area is 124 Å². The second-order valence-electron chi connectivity index (χ2n) is 4.32. The van der Waals surface area contributed by atoms with Gasteiger partial charge in [0.25, 0.3) is 10.0 Å². The van der Waals surface area contributed by atoms with E-state index in [9.17, 15) is 13.2 Å². The fourth-order valence-electron chi connectivity index (χ4n) is 1.94. The quantitative estimate of drug-likeness (QED) is 0.728. The van der Waals surface area contributed by atoms with Crippen LogP contribution in [0.1, 0.15) is 0 Å². The zero-order valence-corrected chi connectivity index (χ0v) is 12.1. The van der Waals surface area contributed by atoms with Gasteiger partial charge in [-0.15, -0.1) is 0 Å². The molecule has 1 aromatic heterocycles. The first-order chi connectivity index (χ1) is 9.89. The Morgan fingerprint density at radius 1 is 1.10 bits per heavy atom. The lowest BCUT2D eigenvalue weighted by Gasteiger charge is -2.05. The van der Waals surface area contributed by atoms with Crippen LogP contribution in [-0.4, -0.2) is 12.4 Å². The largest absolute Gasteiger partial charge is 0.434 e. The summed E-state index contributed by atoms with van der Waals surface area (Å²) in [6.07, 6.45) is 0. The van der Waals surface area contributed by atoms with Gasteiger partial charge in [-0.3, -0.25) is 0 Å². The molecular formula is C13H9ClN2O4S. The van der Waals surface area contributed by atoms with Gasteiger partial charge in [-0.05, 0) is 36.4 Å². The Bertz CT molecular complexity index is 987. The molecule has 0 spiro atoms. The molecule has 0 aliphatic heterocycles. The molecular weight excluding hydrogens is 316 g/mol. The molecule has 0 amide bonds. The number of benzene rings is 2. The Kier molecular flexibility index (Phi) is 3.03. The molecule has 108 valence electrons. The van der Waals surface area contributed by atoms with Gasteiger partial charge in [-0.25, -0.2) is 13.2 Å². The van der Waals surface area contributed by atoms with Crippen molar-refractivity contribution in [2.24, 2.45) is 0 Å². The molecule has 0 unspecified atom stereocenters. The Hall–Kier alpha value is -2.25. The topological polar surface area (TPSA) is 95.3 Å². The number of rotatable bonds is 2. The first-order valence-electron chi connectivity index (χ1n) is 5.82. The zero-order valence-electron chi connectivity index (χ0n) is 10.5. The normalized spacial score (nSPS) is 11.9. The summed E-state index contributed by atoms with van der Waals surface area (Å²) in [7, 11) is -4.07. The van der Waals surface area contributed by atoms with Crippen molar-refractivity contribution in [3.05, 3.63) is 58.0 Å². The second-order valence-corrected chi connectivity index (χ2v) is 6.54. The van der Waals surface area contributed by atoms with E-state index in [-0.39, 0.29) is 16.0 Å². The van der Waals surface area contributed by atoms with Crippen molar-refractivity contribution in [1.82, 2.24) is 3.97 Å². The smallest absolute Gasteiger partial charge is 0.407 e. The van der Waals surface area contributed by atoms with Crippen molar-refractivity contribution in [3.63, 3.8) is 0 Å². The fraction of sp³-hybridized carbons (Fsp3) is 0. The lowest BCUT2D eigenvalue weighted by Crippen LogP contribution is -2.23. The summed E-state index contributed by atoms with van der Waals surface area (Å²) in [5, 5.41) is 0.341. The van der Waals surface area contributed by atoms with Crippen LogP contribution in [0.4, 0.5) is 5.69 Å². The van der Waals surface area contributed by atoms with E-state index in [1.54, 1.807) is 0 Å². The predicted octanol–water partition coefficient (Wildman–Crippen LogP) is 2.07. The van der Waals surface area contributed by atoms with Crippen LogP contribution >= 0.6 is 11.6 Å². The lowest BCUT2D eigenvalue weighted by molar-refractivity contribution is 0.534. The summed E-state index contributed by atoms with van der Waals surface area (Å²) < 4.78 is 30.6. The van der Waals surface area contributed by atoms with Gasteiger partial charge in [0, 0.05) is 16.8 Å². The molecule has 0 aliphatic rings. The third-order valence-electron chi connectivity index (χ3n) is 2.92. The third-order valence-corrected chi connectivity index (χ3v) is 4.85. The number of aromatic nitrogens is 1. The summed E-state index contributed by atoms with van der Waals surface area (Å²) in [5.41, 5.74) is 6.18. The minimum Gasteiger partial charge on any atom is -0.407 e. The molecule has 0 bridgehead atoms. The molecule has 0 atom stereocenters. The number of nitrogens with two attached hydrogens (primary N) is 1. The monoisotopic (exact) mass is 324 g/mol. The minimum atomic E-state index is -4.07. The van der Waals surface area contributed by atoms with E-state index >= 15 is 0 Å². The van der Waals surface area contributed by atoms with Gasteiger partial charge < -0.3 is 10.2 Å². The van der Waals surface area contributed by atoms with Crippen molar-refractivity contribution in [2.75, 3.05) is 5.73 Å². The number of nitrogens with zero attached hydrogens (tertiary/aromatic N) is 1. The summed E-state index contributed by atoms with van der Waals surface area (Å²) >= 11 is 5.79. The van der Waals surface area contributed by atoms with Gasteiger partial charge in [-0.1, -0.05) is 11.6 Å². The first kappa shape index (κ1) is 13.7. The van der Waals surface area contributed by atoms with Crippen molar-refractivity contribution in [3.8, 4) is 0 Å². The van der Waals surface area contributed by atoms with E-state index < -0.39 is 15.8 Å². The highest BCUT2D eigenvalue weighted by molar-refractivity contribution is 7.90.